The van der Waals surface area contributed by atoms with Crippen molar-refractivity contribution in [2.45, 2.75) is 18.9 Å². The molecule has 1 aliphatic rings. The van der Waals surface area contributed by atoms with Crippen LogP contribution in [0.15, 0.2) is 79.3 Å². The molecule has 1 aliphatic heterocycles. The number of likely N-dealkylation sites (tertiary alicyclic amines) is 1. The molecule has 1 unspecified atom stereocenters. The van der Waals surface area contributed by atoms with Crippen LogP contribution in [0.5, 0.6) is 0 Å². The Kier molecular flexibility index (Phi) is 4.88. The van der Waals surface area contributed by atoms with Crippen molar-refractivity contribution in [1.29, 1.82) is 0 Å². The van der Waals surface area contributed by atoms with E-state index in [0.717, 1.165) is 54.5 Å². The third kappa shape index (κ3) is 3.96. The van der Waals surface area contributed by atoms with Gasteiger partial charge in [0.2, 0.25) is 0 Å². The van der Waals surface area contributed by atoms with Crippen molar-refractivity contribution < 1.29 is 0 Å². The van der Waals surface area contributed by atoms with Crippen molar-refractivity contribution in [3.8, 4) is 22.6 Å². The Labute approximate surface area is 170 Å². The summed E-state index contributed by atoms with van der Waals surface area (Å²) < 4.78 is 0. The first kappa shape index (κ1) is 17.8. The lowest BCUT2D eigenvalue weighted by Crippen LogP contribution is -2.19. The van der Waals surface area contributed by atoms with Crippen molar-refractivity contribution in [2.24, 2.45) is 0 Å². The first-order chi connectivity index (χ1) is 14.3. The van der Waals surface area contributed by atoms with E-state index in [-0.39, 0.29) is 0 Å². The molecule has 1 saturated heterocycles. The van der Waals surface area contributed by atoms with Gasteiger partial charge in [0, 0.05) is 42.5 Å². The SMILES string of the molecule is c1ccc(CN2CCC(c3ncc(-c4cnc(-c5ccccc5)nc4)[nH]3)C2)cc1. The number of hydrogen-bond donors (Lipinski definition) is 1. The summed E-state index contributed by atoms with van der Waals surface area (Å²) in [4.78, 5) is 19.7. The monoisotopic (exact) mass is 381 g/mol. The minimum atomic E-state index is 0.442. The van der Waals surface area contributed by atoms with E-state index in [2.05, 4.69) is 55.2 Å². The maximum absolute atomic E-state index is 4.66. The number of aromatic nitrogens is 4. The summed E-state index contributed by atoms with van der Waals surface area (Å²) in [5.41, 5.74) is 4.32. The van der Waals surface area contributed by atoms with E-state index in [9.17, 15) is 0 Å². The molecule has 3 heterocycles. The van der Waals surface area contributed by atoms with Crippen LogP contribution in [0.1, 0.15) is 23.7 Å². The van der Waals surface area contributed by atoms with E-state index < -0.39 is 0 Å². The maximum Gasteiger partial charge on any atom is 0.159 e. The standard InChI is InChI=1S/C24H23N5/c1-3-7-18(8-4-1)16-29-12-11-20(17-29)24-27-15-22(28-24)21-13-25-23(26-14-21)19-9-5-2-6-10-19/h1-10,13-15,20H,11-12,16-17H2,(H,27,28). The molecule has 0 amide bonds. The fraction of sp³-hybridized carbons (Fsp3) is 0.208. The molecule has 0 bridgehead atoms. The third-order valence-corrected chi connectivity index (χ3v) is 5.50. The maximum atomic E-state index is 4.66. The Morgan fingerprint density at radius 2 is 1.55 bits per heavy atom. The first-order valence-corrected chi connectivity index (χ1v) is 10.0. The van der Waals surface area contributed by atoms with E-state index in [0.29, 0.717) is 5.92 Å². The van der Waals surface area contributed by atoms with Crippen LogP contribution in [0, 0.1) is 0 Å². The van der Waals surface area contributed by atoms with Crippen molar-refractivity contribution in [1.82, 2.24) is 24.8 Å². The Bertz CT molecular complexity index is 1060. The van der Waals surface area contributed by atoms with Crippen LogP contribution >= 0.6 is 0 Å². The van der Waals surface area contributed by atoms with Crippen molar-refractivity contribution in [2.75, 3.05) is 13.1 Å². The van der Waals surface area contributed by atoms with E-state index in [1.165, 1.54) is 5.56 Å². The highest BCUT2D eigenvalue weighted by Crippen LogP contribution is 2.28. The number of nitrogens with zero attached hydrogens (tertiary/aromatic N) is 4. The fourth-order valence-electron chi connectivity index (χ4n) is 3.94. The van der Waals surface area contributed by atoms with E-state index in [1.54, 1.807) is 0 Å². The number of H-pyrrole nitrogens is 1. The van der Waals surface area contributed by atoms with Gasteiger partial charge < -0.3 is 4.98 Å². The molecule has 0 radical (unpaired) electrons. The molecule has 0 saturated carbocycles. The van der Waals surface area contributed by atoms with Crippen LogP contribution in [0.2, 0.25) is 0 Å². The third-order valence-electron chi connectivity index (χ3n) is 5.50. The summed E-state index contributed by atoms with van der Waals surface area (Å²) in [5, 5.41) is 0. The molecule has 4 aromatic rings. The molecule has 1 N–H and O–H groups in total. The van der Waals surface area contributed by atoms with Gasteiger partial charge in [-0.3, -0.25) is 4.90 Å². The van der Waals surface area contributed by atoms with Gasteiger partial charge in [-0.2, -0.15) is 0 Å². The predicted molar refractivity (Wildman–Crippen MR) is 114 cm³/mol. The van der Waals surface area contributed by atoms with Gasteiger partial charge in [-0.05, 0) is 18.5 Å². The number of imidazole rings is 1. The fourth-order valence-corrected chi connectivity index (χ4v) is 3.94. The summed E-state index contributed by atoms with van der Waals surface area (Å²) in [7, 11) is 0. The Hall–Kier alpha value is -3.31. The van der Waals surface area contributed by atoms with Gasteiger partial charge >= 0.3 is 0 Å². The molecule has 5 rings (SSSR count). The van der Waals surface area contributed by atoms with Crippen molar-refractivity contribution >= 4 is 0 Å². The van der Waals surface area contributed by atoms with Crippen molar-refractivity contribution in [3.63, 3.8) is 0 Å². The van der Waals surface area contributed by atoms with Crippen molar-refractivity contribution in [3.05, 3.63) is 90.6 Å². The molecular weight excluding hydrogens is 358 g/mol. The molecule has 29 heavy (non-hydrogen) atoms. The summed E-state index contributed by atoms with van der Waals surface area (Å²) >= 11 is 0. The molecule has 0 aliphatic carbocycles. The zero-order valence-corrected chi connectivity index (χ0v) is 16.2. The molecule has 1 fully saturated rings. The highest BCUT2D eigenvalue weighted by atomic mass is 15.2. The lowest BCUT2D eigenvalue weighted by atomic mass is 10.1. The molecule has 1 atom stereocenters. The quantitative estimate of drug-likeness (QED) is 0.552. The number of nitrogens with one attached hydrogen (secondary N) is 1. The van der Waals surface area contributed by atoms with Crippen LogP contribution < -0.4 is 0 Å². The van der Waals surface area contributed by atoms with Crippen LogP contribution in [0.4, 0.5) is 0 Å². The van der Waals surface area contributed by atoms with Gasteiger partial charge in [-0.15, -0.1) is 0 Å². The summed E-state index contributed by atoms with van der Waals surface area (Å²) in [6, 6.07) is 20.7. The summed E-state index contributed by atoms with van der Waals surface area (Å²) in [6.07, 6.45) is 6.76. The topological polar surface area (TPSA) is 57.7 Å². The minimum Gasteiger partial charge on any atom is -0.342 e. The number of benzene rings is 2. The summed E-state index contributed by atoms with van der Waals surface area (Å²) in [6.45, 7) is 3.13. The van der Waals surface area contributed by atoms with Crippen LogP contribution in [0.25, 0.3) is 22.6 Å². The molecule has 5 heteroatoms. The second-order valence-electron chi connectivity index (χ2n) is 7.55. The lowest BCUT2D eigenvalue weighted by molar-refractivity contribution is 0.326. The minimum absolute atomic E-state index is 0.442. The smallest absolute Gasteiger partial charge is 0.159 e. The second kappa shape index (κ2) is 7.97. The van der Waals surface area contributed by atoms with Gasteiger partial charge in [0.15, 0.2) is 5.82 Å². The van der Waals surface area contributed by atoms with Gasteiger partial charge in [0.25, 0.3) is 0 Å². The zero-order chi connectivity index (χ0) is 19.5. The Morgan fingerprint density at radius 1 is 0.828 bits per heavy atom. The molecule has 0 spiro atoms. The van der Waals surface area contributed by atoms with Gasteiger partial charge in [0.1, 0.15) is 5.82 Å². The lowest BCUT2D eigenvalue weighted by Gasteiger charge is -2.15. The molecule has 2 aromatic heterocycles. The molecular formula is C24H23N5. The van der Waals surface area contributed by atoms with E-state index in [1.807, 2.05) is 48.9 Å². The Balaban J connectivity index is 1.26. The zero-order valence-electron chi connectivity index (χ0n) is 16.2. The van der Waals surface area contributed by atoms with Gasteiger partial charge in [-0.1, -0.05) is 60.7 Å². The van der Waals surface area contributed by atoms with Gasteiger partial charge in [0.05, 0.1) is 11.9 Å². The van der Waals surface area contributed by atoms with Crippen LogP contribution in [-0.4, -0.2) is 37.9 Å². The largest absolute Gasteiger partial charge is 0.342 e. The molecule has 2 aromatic carbocycles. The highest BCUT2D eigenvalue weighted by molar-refractivity contribution is 5.60. The van der Waals surface area contributed by atoms with Gasteiger partial charge in [-0.25, -0.2) is 15.0 Å². The molecule has 144 valence electrons. The molecule has 5 nitrogen and oxygen atoms in total. The Morgan fingerprint density at radius 3 is 2.31 bits per heavy atom. The average Bonchev–Trinajstić information content (AvgIpc) is 3.45. The average molecular weight is 381 g/mol. The van der Waals surface area contributed by atoms with E-state index >= 15 is 0 Å². The summed E-state index contributed by atoms with van der Waals surface area (Å²) in [5.74, 6) is 2.24. The number of rotatable bonds is 5. The normalized spacial score (nSPS) is 16.9. The second-order valence-corrected chi connectivity index (χ2v) is 7.55. The van der Waals surface area contributed by atoms with Crippen LogP contribution in [0.3, 0.4) is 0 Å². The van der Waals surface area contributed by atoms with Crippen LogP contribution in [-0.2, 0) is 6.54 Å². The highest BCUT2D eigenvalue weighted by Gasteiger charge is 2.26. The number of aromatic amines is 1. The number of hydrogen-bond acceptors (Lipinski definition) is 4. The predicted octanol–water partition coefficient (Wildman–Crippen LogP) is 4.52. The first-order valence-electron chi connectivity index (χ1n) is 10.0. The van der Waals surface area contributed by atoms with E-state index in [4.69, 9.17) is 0 Å².